The van der Waals surface area contributed by atoms with Crippen LogP contribution in [0, 0.1) is 11.8 Å². The number of nitrogens with zero attached hydrogens (tertiary/aromatic N) is 3. The normalized spacial score (nSPS) is 17.6. The second-order valence-electron chi connectivity index (χ2n) is 9.69. The standard InChI is InChI=1S/C28H39N5O3/c1-33(2)27-22-8-6-7-9-24(22)31-28(32-27)30-17-20-12-10-19(11-13-20)16-29-18-23-25(35-4)14-21(34-3)15-26(23)36-5/h6-9,14-15,19-20,29H,10-13,16-18H2,1-5H3,(H,30,31,32). The van der Waals surface area contributed by atoms with E-state index in [2.05, 4.69) is 16.7 Å². The van der Waals surface area contributed by atoms with Crippen LogP contribution >= 0.6 is 0 Å². The number of ether oxygens (including phenoxy) is 3. The number of rotatable bonds is 11. The van der Waals surface area contributed by atoms with Crippen molar-refractivity contribution in [2.75, 3.05) is 58.7 Å². The first kappa shape index (κ1) is 25.8. The number of hydrogen-bond donors (Lipinski definition) is 2. The smallest absolute Gasteiger partial charge is 0.225 e. The van der Waals surface area contributed by atoms with Gasteiger partial charge in [-0.3, -0.25) is 0 Å². The lowest BCUT2D eigenvalue weighted by molar-refractivity contribution is 0.274. The average Bonchev–Trinajstić information content (AvgIpc) is 2.91. The number of methoxy groups -OCH3 is 3. The number of nitrogens with one attached hydrogen (secondary N) is 2. The SMILES string of the molecule is COc1cc(OC)c(CNCC2CCC(CNc3nc(N(C)C)c4ccccc4n3)CC2)c(OC)c1. The van der Waals surface area contributed by atoms with Gasteiger partial charge in [0.1, 0.15) is 23.1 Å². The van der Waals surface area contributed by atoms with E-state index >= 15 is 0 Å². The van der Waals surface area contributed by atoms with Crippen LogP contribution in [0.3, 0.4) is 0 Å². The van der Waals surface area contributed by atoms with Gasteiger partial charge in [0.25, 0.3) is 0 Å². The van der Waals surface area contributed by atoms with Crippen LogP contribution in [0.1, 0.15) is 31.2 Å². The first-order valence-electron chi connectivity index (χ1n) is 12.7. The zero-order valence-corrected chi connectivity index (χ0v) is 22.1. The van der Waals surface area contributed by atoms with Gasteiger partial charge in [0.05, 0.1) is 32.4 Å². The monoisotopic (exact) mass is 493 g/mol. The molecule has 2 aromatic carbocycles. The Hall–Kier alpha value is -3.26. The molecule has 194 valence electrons. The summed E-state index contributed by atoms with van der Waals surface area (Å²) >= 11 is 0. The summed E-state index contributed by atoms with van der Waals surface area (Å²) in [6.07, 6.45) is 4.86. The van der Waals surface area contributed by atoms with Crippen LogP contribution in [0.2, 0.25) is 0 Å². The minimum absolute atomic E-state index is 0.640. The van der Waals surface area contributed by atoms with Gasteiger partial charge >= 0.3 is 0 Å². The molecular formula is C28H39N5O3. The van der Waals surface area contributed by atoms with Crippen LogP contribution in [0.5, 0.6) is 17.2 Å². The maximum Gasteiger partial charge on any atom is 0.225 e. The van der Waals surface area contributed by atoms with E-state index in [1.807, 2.05) is 49.3 Å². The average molecular weight is 494 g/mol. The molecule has 1 heterocycles. The van der Waals surface area contributed by atoms with Crippen LogP contribution in [0.25, 0.3) is 10.9 Å². The van der Waals surface area contributed by atoms with Crippen molar-refractivity contribution >= 4 is 22.7 Å². The van der Waals surface area contributed by atoms with Crippen LogP contribution in [-0.4, -0.2) is 58.5 Å². The fourth-order valence-corrected chi connectivity index (χ4v) is 5.01. The lowest BCUT2D eigenvalue weighted by Gasteiger charge is -2.29. The molecule has 3 aromatic rings. The Balaban J connectivity index is 1.26. The molecule has 1 aliphatic carbocycles. The first-order valence-corrected chi connectivity index (χ1v) is 12.7. The summed E-state index contributed by atoms with van der Waals surface area (Å²) in [5.74, 6) is 5.26. The predicted molar refractivity (Wildman–Crippen MR) is 146 cm³/mol. The molecule has 0 unspecified atom stereocenters. The molecular weight excluding hydrogens is 454 g/mol. The van der Waals surface area contributed by atoms with Crippen molar-refractivity contribution in [1.29, 1.82) is 0 Å². The molecule has 2 N–H and O–H groups in total. The molecule has 0 amide bonds. The Labute approximate surface area is 214 Å². The third kappa shape index (κ3) is 6.10. The molecule has 1 fully saturated rings. The Morgan fingerprint density at radius 2 is 1.50 bits per heavy atom. The number of benzene rings is 2. The van der Waals surface area contributed by atoms with Crippen molar-refractivity contribution < 1.29 is 14.2 Å². The lowest BCUT2D eigenvalue weighted by Crippen LogP contribution is -2.28. The number of fused-ring (bicyclic) bond motifs is 1. The lowest BCUT2D eigenvalue weighted by atomic mass is 9.82. The van der Waals surface area contributed by atoms with Crippen LogP contribution < -0.4 is 29.7 Å². The van der Waals surface area contributed by atoms with E-state index in [1.54, 1.807) is 21.3 Å². The molecule has 0 atom stereocenters. The highest BCUT2D eigenvalue weighted by Crippen LogP contribution is 2.34. The fraction of sp³-hybridized carbons (Fsp3) is 0.500. The summed E-state index contributed by atoms with van der Waals surface area (Å²) < 4.78 is 16.5. The Morgan fingerprint density at radius 3 is 2.11 bits per heavy atom. The summed E-state index contributed by atoms with van der Waals surface area (Å²) in [7, 11) is 9.05. The van der Waals surface area contributed by atoms with Gasteiger partial charge < -0.3 is 29.7 Å². The molecule has 0 saturated heterocycles. The quantitative estimate of drug-likeness (QED) is 0.397. The fourth-order valence-electron chi connectivity index (χ4n) is 5.01. The molecule has 1 aliphatic rings. The molecule has 0 radical (unpaired) electrons. The van der Waals surface area contributed by atoms with Gasteiger partial charge in [0.15, 0.2) is 0 Å². The van der Waals surface area contributed by atoms with E-state index in [4.69, 9.17) is 24.2 Å². The van der Waals surface area contributed by atoms with Gasteiger partial charge in [0.2, 0.25) is 5.95 Å². The maximum atomic E-state index is 5.57. The first-order chi connectivity index (χ1) is 17.5. The second-order valence-corrected chi connectivity index (χ2v) is 9.69. The van der Waals surface area contributed by atoms with Crippen molar-refractivity contribution in [2.45, 2.75) is 32.2 Å². The molecule has 0 spiro atoms. The number of hydrogen-bond acceptors (Lipinski definition) is 8. The zero-order valence-electron chi connectivity index (χ0n) is 22.1. The van der Waals surface area contributed by atoms with E-state index < -0.39 is 0 Å². The number of anilines is 2. The Bertz CT molecular complexity index is 1120. The number of para-hydroxylation sites is 1. The molecule has 0 aliphatic heterocycles. The molecule has 8 nitrogen and oxygen atoms in total. The largest absolute Gasteiger partial charge is 0.496 e. The highest BCUT2D eigenvalue weighted by Gasteiger charge is 2.22. The Morgan fingerprint density at radius 1 is 0.861 bits per heavy atom. The molecule has 0 bridgehead atoms. The molecule has 1 aromatic heterocycles. The summed E-state index contributed by atoms with van der Waals surface area (Å²) in [5, 5.41) is 8.21. The third-order valence-electron chi connectivity index (χ3n) is 7.07. The summed E-state index contributed by atoms with van der Waals surface area (Å²) in [6, 6.07) is 12.0. The second kappa shape index (κ2) is 12.1. The molecule has 4 rings (SSSR count). The summed E-state index contributed by atoms with van der Waals surface area (Å²) in [6.45, 7) is 2.59. The van der Waals surface area contributed by atoms with Crippen molar-refractivity contribution in [3.8, 4) is 17.2 Å². The van der Waals surface area contributed by atoms with Crippen molar-refractivity contribution in [3.63, 3.8) is 0 Å². The van der Waals surface area contributed by atoms with Gasteiger partial charge in [0, 0.05) is 44.7 Å². The highest BCUT2D eigenvalue weighted by molar-refractivity contribution is 5.90. The van der Waals surface area contributed by atoms with Crippen LogP contribution in [0.15, 0.2) is 36.4 Å². The zero-order chi connectivity index (χ0) is 25.5. The van der Waals surface area contributed by atoms with E-state index in [0.29, 0.717) is 24.3 Å². The van der Waals surface area contributed by atoms with Gasteiger partial charge in [-0.15, -0.1) is 0 Å². The van der Waals surface area contributed by atoms with Gasteiger partial charge in [-0.2, -0.15) is 4.98 Å². The topological polar surface area (TPSA) is 80.8 Å². The van der Waals surface area contributed by atoms with E-state index in [-0.39, 0.29) is 0 Å². The van der Waals surface area contributed by atoms with Crippen LogP contribution in [-0.2, 0) is 6.54 Å². The van der Waals surface area contributed by atoms with Crippen molar-refractivity contribution in [3.05, 3.63) is 42.0 Å². The van der Waals surface area contributed by atoms with Gasteiger partial charge in [-0.25, -0.2) is 4.98 Å². The maximum absolute atomic E-state index is 5.57. The molecule has 36 heavy (non-hydrogen) atoms. The minimum Gasteiger partial charge on any atom is -0.496 e. The minimum atomic E-state index is 0.640. The summed E-state index contributed by atoms with van der Waals surface area (Å²) in [5.41, 5.74) is 1.99. The van der Waals surface area contributed by atoms with Crippen LogP contribution in [0.4, 0.5) is 11.8 Å². The van der Waals surface area contributed by atoms with Gasteiger partial charge in [-0.1, -0.05) is 12.1 Å². The Kier molecular flexibility index (Phi) is 8.70. The van der Waals surface area contributed by atoms with E-state index in [0.717, 1.165) is 52.6 Å². The van der Waals surface area contributed by atoms with E-state index in [1.165, 1.54) is 25.7 Å². The van der Waals surface area contributed by atoms with Crippen molar-refractivity contribution in [2.24, 2.45) is 11.8 Å². The summed E-state index contributed by atoms with van der Waals surface area (Å²) in [4.78, 5) is 11.6. The number of aromatic nitrogens is 2. The molecule has 1 saturated carbocycles. The predicted octanol–water partition coefficient (Wildman–Crippen LogP) is 4.73. The van der Waals surface area contributed by atoms with E-state index in [9.17, 15) is 0 Å². The molecule has 8 heteroatoms. The third-order valence-corrected chi connectivity index (χ3v) is 7.07. The van der Waals surface area contributed by atoms with Crippen molar-refractivity contribution in [1.82, 2.24) is 15.3 Å². The van der Waals surface area contributed by atoms with Gasteiger partial charge in [-0.05, 0) is 56.2 Å². The highest BCUT2D eigenvalue weighted by atomic mass is 16.5.